The van der Waals surface area contributed by atoms with Gasteiger partial charge in [0.05, 0.1) is 5.69 Å². The van der Waals surface area contributed by atoms with E-state index in [1.54, 1.807) is 0 Å². The second kappa shape index (κ2) is 4.43. The molecule has 1 aliphatic heterocycles. The van der Waals surface area contributed by atoms with Crippen LogP contribution in [0, 0.1) is 6.92 Å². The molecule has 0 aliphatic carbocycles. The fourth-order valence-electron chi connectivity index (χ4n) is 2.21. The summed E-state index contributed by atoms with van der Waals surface area (Å²) in [6.07, 6.45) is 6.00. The fraction of sp³-hybridized carbons (Fsp3) is 0.500. The van der Waals surface area contributed by atoms with Crippen molar-refractivity contribution in [2.24, 2.45) is 0 Å². The van der Waals surface area contributed by atoms with Crippen molar-refractivity contribution in [1.29, 1.82) is 0 Å². The fourth-order valence-corrected chi connectivity index (χ4v) is 2.21. The first-order valence-corrected chi connectivity index (χ1v) is 6.04. The average Bonchev–Trinajstić information content (AvgIpc) is 2.71. The Morgan fingerprint density at radius 3 is 2.94 bits per heavy atom. The number of hydrogen-bond donors (Lipinski definition) is 1. The van der Waals surface area contributed by atoms with Crippen molar-refractivity contribution in [2.45, 2.75) is 13.5 Å². The quantitative estimate of drug-likeness (QED) is 0.815. The molecule has 2 aromatic rings. The predicted molar refractivity (Wildman–Crippen MR) is 65.9 cm³/mol. The van der Waals surface area contributed by atoms with Crippen molar-refractivity contribution in [3.63, 3.8) is 0 Å². The molecule has 5 nitrogen and oxygen atoms in total. The van der Waals surface area contributed by atoms with Crippen LogP contribution in [0.15, 0.2) is 18.6 Å². The summed E-state index contributed by atoms with van der Waals surface area (Å²) < 4.78 is 2.01. The molecular formula is C12H17N5. The Morgan fingerprint density at radius 2 is 2.12 bits per heavy atom. The maximum atomic E-state index is 4.54. The van der Waals surface area contributed by atoms with Gasteiger partial charge in [0.25, 0.3) is 0 Å². The number of nitrogens with zero attached hydrogens (tertiary/aromatic N) is 4. The molecule has 0 amide bonds. The molecule has 17 heavy (non-hydrogen) atoms. The van der Waals surface area contributed by atoms with Crippen LogP contribution in [0.2, 0.25) is 0 Å². The van der Waals surface area contributed by atoms with Crippen LogP contribution in [-0.4, -0.2) is 45.4 Å². The van der Waals surface area contributed by atoms with Gasteiger partial charge < -0.3 is 5.32 Å². The molecule has 2 aromatic heterocycles. The summed E-state index contributed by atoms with van der Waals surface area (Å²) in [6, 6.07) is 0. The third kappa shape index (κ3) is 2.30. The lowest BCUT2D eigenvalue weighted by Crippen LogP contribution is -2.42. The van der Waals surface area contributed by atoms with Crippen LogP contribution < -0.4 is 5.32 Å². The third-order valence-corrected chi connectivity index (χ3v) is 3.08. The SMILES string of the molecule is Cc1cnc2nc(CN3CCNCC3)cn2c1. The van der Waals surface area contributed by atoms with E-state index in [0.29, 0.717) is 0 Å². The average molecular weight is 231 g/mol. The van der Waals surface area contributed by atoms with Crippen LogP contribution in [-0.2, 0) is 6.54 Å². The Bertz CT molecular complexity index is 513. The summed E-state index contributed by atoms with van der Waals surface area (Å²) in [5.74, 6) is 0.792. The number of imidazole rings is 1. The molecular weight excluding hydrogens is 214 g/mol. The van der Waals surface area contributed by atoms with E-state index in [2.05, 4.69) is 32.6 Å². The molecule has 0 spiro atoms. The lowest BCUT2D eigenvalue weighted by Gasteiger charge is -2.26. The summed E-state index contributed by atoms with van der Waals surface area (Å²) in [6.45, 7) is 7.31. The zero-order chi connectivity index (χ0) is 11.7. The van der Waals surface area contributed by atoms with Crippen molar-refractivity contribution < 1.29 is 0 Å². The Morgan fingerprint density at radius 1 is 1.29 bits per heavy atom. The lowest BCUT2D eigenvalue weighted by atomic mass is 10.3. The van der Waals surface area contributed by atoms with Gasteiger partial charge in [0, 0.05) is 51.3 Å². The van der Waals surface area contributed by atoms with Gasteiger partial charge in [0.2, 0.25) is 5.78 Å². The van der Waals surface area contributed by atoms with Gasteiger partial charge in [-0.15, -0.1) is 0 Å². The molecule has 1 fully saturated rings. The third-order valence-electron chi connectivity index (χ3n) is 3.08. The normalized spacial score (nSPS) is 17.7. The topological polar surface area (TPSA) is 45.5 Å². The van der Waals surface area contributed by atoms with Crippen molar-refractivity contribution in [3.05, 3.63) is 29.8 Å². The van der Waals surface area contributed by atoms with E-state index in [0.717, 1.165) is 49.8 Å². The minimum atomic E-state index is 0.792. The second-order valence-corrected chi connectivity index (χ2v) is 4.60. The van der Waals surface area contributed by atoms with Gasteiger partial charge in [-0.2, -0.15) is 0 Å². The van der Waals surface area contributed by atoms with Gasteiger partial charge >= 0.3 is 0 Å². The molecule has 1 aliphatic rings. The van der Waals surface area contributed by atoms with Crippen LogP contribution >= 0.6 is 0 Å². The number of hydrogen-bond acceptors (Lipinski definition) is 4. The number of aromatic nitrogens is 3. The number of aryl methyl sites for hydroxylation is 1. The molecule has 5 heteroatoms. The Hall–Kier alpha value is -1.46. The van der Waals surface area contributed by atoms with Gasteiger partial charge in [-0.25, -0.2) is 9.97 Å². The molecule has 3 rings (SSSR count). The first-order chi connectivity index (χ1) is 8.31. The van der Waals surface area contributed by atoms with E-state index >= 15 is 0 Å². The van der Waals surface area contributed by atoms with Crippen LogP contribution in [0.3, 0.4) is 0 Å². The summed E-state index contributed by atoms with van der Waals surface area (Å²) in [5, 5.41) is 3.35. The zero-order valence-corrected chi connectivity index (χ0v) is 10.1. The van der Waals surface area contributed by atoms with E-state index in [-0.39, 0.29) is 0 Å². The van der Waals surface area contributed by atoms with Crippen molar-refractivity contribution in [3.8, 4) is 0 Å². The highest BCUT2D eigenvalue weighted by molar-refractivity contribution is 5.31. The molecule has 0 aromatic carbocycles. The highest BCUT2D eigenvalue weighted by atomic mass is 15.2. The molecule has 0 bridgehead atoms. The maximum absolute atomic E-state index is 4.54. The Kier molecular flexibility index (Phi) is 2.78. The van der Waals surface area contributed by atoms with Crippen LogP contribution in [0.25, 0.3) is 5.78 Å². The van der Waals surface area contributed by atoms with E-state index in [1.807, 2.05) is 17.5 Å². The van der Waals surface area contributed by atoms with Gasteiger partial charge in [-0.05, 0) is 12.5 Å². The minimum Gasteiger partial charge on any atom is -0.314 e. The summed E-state index contributed by atoms with van der Waals surface area (Å²) in [7, 11) is 0. The Labute approximate surface area is 100 Å². The van der Waals surface area contributed by atoms with Gasteiger partial charge in [-0.1, -0.05) is 0 Å². The number of nitrogens with one attached hydrogen (secondary N) is 1. The Balaban J connectivity index is 1.80. The summed E-state index contributed by atoms with van der Waals surface area (Å²) in [5.41, 5.74) is 2.26. The maximum Gasteiger partial charge on any atom is 0.233 e. The summed E-state index contributed by atoms with van der Waals surface area (Å²) in [4.78, 5) is 11.3. The van der Waals surface area contributed by atoms with Crippen molar-refractivity contribution in [1.82, 2.24) is 24.6 Å². The molecule has 0 atom stereocenters. The molecule has 90 valence electrons. The first-order valence-electron chi connectivity index (χ1n) is 6.04. The molecule has 3 heterocycles. The molecule has 1 saturated heterocycles. The lowest BCUT2D eigenvalue weighted by molar-refractivity contribution is 0.231. The number of piperazine rings is 1. The van der Waals surface area contributed by atoms with E-state index in [1.165, 1.54) is 0 Å². The highest BCUT2D eigenvalue weighted by Crippen LogP contribution is 2.07. The van der Waals surface area contributed by atoms with Gasteiger partial charge in [0.1, 0.15) is 0 Å². The summed E-state index contributed by atoms with van der Waals surface area (Å²) >= 11 is 0. The second-order valence-electron chi connectivity index (χ2n) is 4.60. The van der Waals surface area contributed by atoms with Crippen molar-refractivity contribution in [2.75, 3.05) is 26.2 Å². The smallest absolute Gasteiger partial charge is 0.233 e. The molecule has 1 N–H and O–H groups in total. The first kappa shape index (κ1) is 10.7. The van der Waals surface area contributed by atoms with Crippen LogP contribution in [0.4, 0.5) is 0 Å². The zero-order valence-electron chi connectivity index (χ0n) is 10.1. The predicted octanol–water partition coefficient (Wildman–Crippen LogP) is 0.443. The minimum absolute atomic E-state index is 0.792. The highest BCUT2D eigenvalue weighted by Gasteiger charge is 2.12. The van der Waals surface area contributed by atoms with E-state index < -0.39 is 0 Å². The standard InChI is InChI=1S/C12H17N5/c1-10-6-14-12-15-11(9-17(12)7-10)8-16-4-2-13-3-5-16/h6-7,9,13H,2-5,8H2,1H3. The number of fused-ring (bicyclic) bond motifs is 1. The number of rotatable bonds is 2. The van der Waals surface area contributed by atoms with E-state index in [4.69, 9.17) is 0 Å². The van der Waals surface area contributed by atoms with Crippen LogP contribution in [0.1, 0.15) is 11.3 Å². The monoisotopic (exact) mass is 231 g/mol. The molecule has 0 saturated carbocycles. The molecule has 0 radical (unpaired) electrons. The van der Waals surface area contributed by atoms with E-state index in [9.17, 15) is 0 Å². The van der Waals surface area contributed by atoms with Crippen LogP contribution in [0.5, 0.6) is 0 Å². The largest absolute Gasteiger partial charge is 0.314 e. The molecule has 0 unspecified atom stereocenters. The van der Waals surface area contributed by atoms with Gasteiger partial charge in [0.15, 0.2) is 0 Å². The van der Waals surface area contributed by atoms with Gasteiger partial charge in [-0.3, -0.25) is 9.30 Å². The van der Waals surface area contributed by atoms with Crippen molar-refractivity contribution >= 4 is 5.78 Å².